The van der Waals surface area contributed by atoms with E-state index in [2.05, 4.69) is 105 Å². The average molecular weight is 1770 g/mol. The van der Waals surface area contributed by atoms with Gasteiger partial charge in [0.1, 0.15) is 90.6 Å². The molecule has 30 N–H and O–H groups in total. The van der Waals surface area contributed by atoms with Gasteiger partial charge in [0.25, 0.3) is 0 Å². The van der Waals surface area contributed by atoms with Crippen LogP contribution < -0.4 is 109 Å². The molecule has 5 aromatic rings. The Kier molecular flexibility index (Phi) is 44.0. The zero-order valence-electron chi connectivity index (χ0n) is 68.5. The van der Waals surface area contributed by atoms with E-state index in [1.165, 1.54) is 54.7 Å². The molecule has 42 nitrogen and oxygen atoms in total. The Bertz CT molecular complexity index is 4450. The van der Waals surface area contributed by atoms with Crippen LogP contribution in [0.25, 0.3) is 10.9 Å². The van der Waals surface area contributed by atoms with Crippen molar-refractivity contribution in [2.45, 2.75) is 176 Å². The van der Waals surface area contributed by atoms with E-state index in [9.17, 15) is 92.0 Å². The molecule has 44 heteroatoms. The lowest BCUT2D eigenvalue weighted by molar-refractivity contribution is -0.137. The molecule has 5 rings (SSSR count). The molecule has 0 aliphatic rings. The summed E-state index contributed by atoms with van der Waals surface area (Å²) in [4.78, 5) is 235. The van der Waals surface area contributed by atoms with E-state index in [4.69, 9.17) is 39.1 Å². The summed E-state index contributed by atoms with van der Waals surface area (Å²) in [6.07, 6.45) is -2.17. The van der Waals surface area contributed by atoms with E-state index in [0.29, 0.717) is 52.5 Å². The number of nitrogens with two attached hydrogens (primary N) is 6. The zero-order valence-corrected chi connectivity index (χ0v) is 70.3. The third-order valence-corrected chi connectivity index (χ3v) is 19.8. The Morgan fingerprint density at radius 1 is 0.419 bits per heavy atom. The highest BCUT2D eigenvalue weighted by molar-refractivity contribution is 7.80. The topological polar surface area (TPSA) is 700 Å². The Morgan fingerprint density at radius 3 is 1.31 bits per heavy atom. The van der Waals surface area contributed by atoms with Crippen molar-refractivity contribution >= 4 is 137 Å². The summed E-state index contributed by atoms with van der Waals surface area (Å²) in [6, 6.07) is 7.16. The van der Waals surface area contributed by atoms with Gasteiger partial charge in [0.2, 0.25) is 100 Å². The van der Waals surface area contributed by atoms with E-state index in [0.717, 1.165) is 13.8 Å². The van der Waals surface area contributed by atoms with Gasteiger partial charge in [-0.2, -0.15) is 25.3 Å². The minimum atomic E-state index is -1.92. The number of aromatic hydroxyl groups is 2. The van der Waals surface area contributed by atoms with Gasteiger partial charge in [-0.05, 0) is 118 Å². The second-order valence-electron chi connectivity index (χ2n) is 29.0. The number of carbonyl (C=O) groups excluding carboxylic acids is 17. The molecule has 0 bridgehead atoms. The number of phenols is 2. The molecule has 0 fully saturated rings. The number of H-pyrrole nitrogens is 1. The molecule has 676 valence electrons. The molecular weight excluding hydrogens is 1660 g/mol. The number of amides is 17. The predicted octanol–water partition coefficient (Wildman–Crippen LogP) is -6.98. The number of hydrogen-bond acceptors (Lipinski definition) is 26. The quantitative estimate of drug-likeness (QED) is 0.0127. The van der Waals surface area contributed by atoms with Gasteiger partial charge in [-0.1, -0.05) is 72.8 Å². The SMILES string of the molecule is CC(=O)N[C@@H](CS)C(=O)N[C@@H](CCC(N)=O)C(=O)N[C@H](C(=O)N[C@@H](Cc1c[nH]c2ccccc12)C(=O)N[C@@H](CCC(N)=O)C(=O)N[C@@H](CS)C(=O)N[C@@H](Cc1ccc(O)cc1)C(=O)N[C@@H](Cc1ccc(O)cc1)C(=O)N[C@@H](CCCN)C(=O)N[C@@H](CN)C(=O)N[C@@H](Cc1ccccc1)C(=O)NCC(=O)NCCOCC(=O)N[C@H](CCCCN)C(N)=O)[C@@H](C)O. The van der Waals surface area contributed by atoms with Crippen LogP contribution in [0, 0.1) is 0 Å². The summed E-state index contributed by atoms with van der Waals surface area (Å²) in [5.74, 6) is -17.2. The van der Waals surface area contributed by atoms with Crippen molar-refractivity contribution in [2.24, 2.45) is 34.4 Å². The molecule has 17 amide bonds. The standard InChI is InChI=1S/C80H113N21O21S2/c1-43(102)68(101-73(114)56(26-28-65(85)107)94-78(119)62(41-123)90-44(2)103)80(121)98-60(36-48-38-88-52-14-7-6-13-51(48)52)76(117)93-55(25-27-64(84)106)72(113)100-63(42-124)79(120)97-59(35-47-19-23-50(105)24-20-47)75(116)96-58(34-46-17-21-49(104)22-18-46)74(115)92-54(16-10-30-82)71(112)99-61(37-83)77(118)95-57(33-45-11-4-3-5-12-45)70(111)89-39-66(108)87-31-32-122-40-67(109)91-53(69(86)110)15-8-9-29-81/h3-7,11-14,17-24,38,43,53-63,68,88,102,104-105,123-124H,8-10,15-16,25-37,39-42,81-83H2,1-2H3,(H2,84,106)(H2,85,107)(H2,86,110)(H,87,108)(H,89,111)(H,90,103)(H,91,109)(H,92,115)(H,93,117)(H,94,119)(H,95,118)(H,96,116)(H,97,120)(H,98,121)(H,99,112)(H,100,113)(H,101,114)/t43-,53-,54+,55+,56+,57+,58+,59+,60+,61+,62+,63+,68+/m1/s1. The number of aliphatic hydroxyl groups is 1. The van der Waals surface area contributed by atoms with E-state index in [-0.39, 0.29) is 75.5 Å². The van der Waals surface area contributed by atoms with Crippen molar-refractivity contribution in [2.75, 3.05) is 57.4 Å². The van der Waals surface area contributed by atoms with Crippen LogP contribution in [0.1, 0.15) is 93.9 Å². The summed E-state index contributed by atoms with van der Waals surface area (Å²) >= 11 is 8.44. The number of thiol groups is 2. The van der Waals surface area contributed by atoms with Crippen molar-refractivity contribution in [1.29, 1.82) is 0 Å². The highest BCUT2D eigenvalue weighted by atomic mass is 32.1. The number of aromatic nitrogens is 1. The van der Waals surface area contributed by atoms with Crippen molar-refractivity contribution in [1.82, 2.24) is 79.4 Å². The van der Waals surface area contributed by atoms with Crippen molar-refractivity contribution in [3.63, 3.8) is 0 Å². The molecule has 4 aromatic carbocycles. The summed E-state index contributed by atoms with van der Waals surface area (Å²) in [6.45, 7) is 0.715. The highest BCUT2D eigenvalue weighted by Crippen LogP contribution is 2.21. The smallest absolute Gasteiger partial charge is 0.246 e. The van der Waals surface area contributed by atoms with Crippen molar-refractivity contribution in [3.05, 3.63) is 132 Å². The first-order valence-corrected chi connectivity index (χ1v) is 41.1. The van der Waals surface area contributed by atoms with Gasteiger partial charge >= 0.3 is 0 Å². The lowest BCUT2D eigenvalue weighted by Gasteiger charge is -2.29. The van der Waals surface area contributed by atoms with Gasteiger partial charge in [-0.15, -0.1) is 0 Å². The van der Waals surface area contributed by atoms with Crippen molar-refractivity contribution < 1.29 is 102 Å². The Balaban J connectivity index is 1.37. The van der Waals surface area contributed by atoms with Crippen LogP contribution in [0.4, 0.5) is 0 Å². The number of primary amides is 3. The molecule has 1 heterocycles. The fraction of sp³-hybridized carbons (Fsp3) is 0.463. The molecule has 0 unspecified atom stereocenters. The van der Waals surface area contributed by atoms with Crippen LogP contribution >= 0.6 is 25.3 Å². The largest absolute Gasteiger partial charge is 0.508 e. The summed E-state index contributed by atoms with van der Waals surface area (Å²) < 4.78 is 5.32. The van der Waals surface area contributed by atoms with E-state index in [1.54, 1.807) is 54.6 Å². The maximum atomic E-state index is 15.0. The van der Waals surface area contributed by atoms with Gasteiger partial charge in [0, 0.05) is 87.1 Å². The van der Waals surface area contributed by atoms with Crippen LogP contribution in [0.15, 0.2) is 109 Å². The van der Waals surface area contributed by atoms with Crippen molar-refractivity contribution in [3.8, 4) is 11.5 Å². The molecule has 124 heavy (non-hydrogen) atoms. The number of phenolic OH excluding ortho intramolecular Hbond substituents is 2. The number of hydrogen-bond donors (Lipinski definition) is 26. The Hall–Kier alpha value is -12.5. The molecule has 0 aliphatic carbocycles. The third kappa shape index (κ3) is 35.9. The number of aromatic amines is 1. The monoisotopic (exact) mass is 1770 g/mol. The zero-order chi connectivity index (χ0) is 91.5. The number of carbonyl (C=O) groups is 17. The van der Waals surface area contributed by atoms with Crippen LogP contribution in [0.5, 0.6) is 11.5 Å². The van der Waals surface area contributed by atoms with E-state index >= 15 is 4.79 Å². The van der Waals surface area contributed by atoms with Crippen LogP contribution in [-0.2, 0) is 112 Å². The first kappa shape index (κ1) is 102. The van der Waals surface area contributed by atoms with Gasteiger partial charge < -0.3 is 134 Å². The Labute approximate surface area is 724 Å². The minimum Gasteiger partial charge on any atom is -0.508 e. The van der Waals surface area contributed by atoms with Gasteiger partial charge in [-0.3, -0.25) is 81.5 Å². The van der Waals surface area contributed by atoms with E-state index in [1.807, 2.05) is 0 Å². The average Bonchev–Trinajstić information content (AvgIpc) is 1.67. The molecule has 0 aliphatic heterocycles. The third-order valence-electron chi connectivity index (χ3n) is 19.1. The number of rotatable bonds is 56. The number of para-hydroxylation sites is 1. The molecule has 0 saturated carbocycles. The fourth-order valence-electron chi connectivity index (χ4n) is 12.4. The fourth-order valence-corrected chi connectivity index (χ4v) is 12.9. The van der Waals surface area contributed by atoms with E-state index < -0.39 is 237 Å². The number of benzene rings is 4. The maximum Gasteiger partial charge on any atom is 0.246 e. The normalized spacial score (nSPS) is 14.2. The van der Waals surface area contributed by atoms with Crippen LogP contribution in [0.2, 0.25) is 0 Å². The van der Waals surface area contributed by atoms with Crippen LogP contribution in [-0.4, -0.2) is 257 Å². The van der Waals surface area contributed by atoms with Gasteiger partial charge in [-0.25, -0.2) is 0 Å². The highest BCUT2D eigenvalue weighted by Gasteiger charge is 2.39. The second kappa shape index (κ2) is 53.4. The van der Waals surface area contributed by atoms with Gasteiger partial charge in [0.15, 0.2) is 0 Å². The van der Waals surface area contributed by atoms with Gasteiger partial charge in [0.05, 0.1) is 19.3 Å². The number of nitrogens with one attached hydrogen (secondary N) is 15. The first-order chi connectivity index (χ1) is 59.1. The first-order valence-electron chi connectivity index (χ1n) is 39.8. The number of ether oxygens (including phenoxy) is 1. The lowest BCUT2D eigenvalue weighted by Crippen LogP contribution is -2.62. The minimum absolute atomic E-state index is 0.0255. The number of unbranched alkanes of at least 4 members (excludes halogenated alkanes) is 1. The number of fused-ring (bicyclic) bond motifs is 1. The second-order valence-corrected chi connectivity index (χ2v) is 29.7. The summed E-state index contributed by atoms with van der Waals surface area (Å²) in [5.41, 5.74) is 36.1. The molecular formula is C80H113N21O21S2. The molecule has 0 saturated heterocycles. The molecule has 13 atom stereocenters. The molecule has 1 aromatic heterocycles. The maximum absolute atomic E-state index is 15.0. The van der Waals surface area contributed by atoms with Crippen LogP contribution in [0.3, 0.4) is 0 Å². The predicted molar refractivity (Wildman–Crippen MR) is 457 cm³/mol. The molecule has 0 spiro atoms. The summed E-state index contributed by atoms with van der Waals surface area (Å²) in [7, 11) is 0. The lowest BCUT2D eigenvalue weighted by atomic mass is 10.0. The Morgan fingerprint density at radius 2 is 0.831 bits per heavy atom. The molecule has 0 radical (unpaired) electrons. The number of aliphatic hydroxyl groups excluding tert-OH is 1. The summed E-state index contributed by atoms with van der Waals surface area (Å²) in [5, 5.41) is 67.1.